The number of hydrogen-bond acceptors (Lipinski definition) is 6. The van der Waals surface area contributed by atoms with Gasteiger partial charge in [-0.1, -0.05) is 35.6 Å². The van der Waals surface area contributed by atoms with E-state index in [0.29, 0.717) is 11.1 Å². The third kappa shape index (κ3) is 2.72. The maximum Gasteiger partial charge on any atom is 0.337 e. The van der Waals surface area contributed by atoms with E-state index in [-0.39, 0.29) is 5.97 Å². The number of rotatable bonds is 3. The SMILES string of the molecule is COC(=O)c1ccc(-c2nn3c(-c4ccc(C#N)cc4)cnc3s2)cc1. The van der Waals surface area contributed by atoms with Gasteiger partial charge in [0.15, 0.2) is 0 Å². The minimum Gasteiger partial charge on any atom is -0.465 e. The molecule has 0 spiro atoms. The number of hydrogen-bond donors (Lipinski definition) is 0. The van der Waals surface area contributed by atoms with Crippen molar-refractivity contribution in [2.24, 2.45) is 0 Å². The van der Waals surface area contributed by atoms with Crippen LogP contribution in [0.3, 0.4) is 0 Å². The van der Waals surface area contributed by atoms with Crippen LogP contribution in [-0.4, -0.2) is 27.7 Å². The average Bonchev–Trinajstić information content (AvgIpc) is 3.28. The third-order valence-corrected chi connectivity index (χ3v) is 4.92. The molecule has 4 aromatic rings. The second kappa shape index (κ2) is 6.43. The lowest BCUT2D eigenvalue weighted by Gasteiger charge is -2.00. The van der Waals surface area contributed by atoms with Gasteiger partial charge in [-0.2, -0.15) is 10.4 Å². The van der Waals surface area contributed by atoms with Gasteiger partial charge in [0.05, 0.1) is 36.2 Å². The van der Waals surface area contributed by atoms with Crippen LogP contribution in [0.2, 0.25) is 0 Å². The molecular formula is C19H12N4O2S. The van der Waals surface area contributed by atoms with Crippen LogP contribution in [-0.2, 0) is 4.74 Å². The molecule has 0 saturated carbocycles. The summed E-state index contributed by atoms with van der Waals surface area (Å²) in [6.07, 6.45) is 1.77. The molecule has 0 amide bonds. The molecule has 6 nitrogen and oxygen atoms in total. The lowest BCUT2D eigenvalue weighted by Crippen LogP contribution is -2.00. The van der Waals surface area contributed by atoms with Crippen molar-refractivity contribution >= 4 is 22.3 Å². The van der Waals surface area contributed by atoms with E-state index in [1.165, 1.54) is 18.4 Å². The summed E-state index contributed by atoms with van der Waals surface area (Å²) in [7, 11) is 1.36. The number of fused-ring (bicyclic) bond motifs is 1. The summed E-state index contributed by atoms with van der Waals surface area (Å²) in [5.41, 5.74) is 3.81. The fourth-order valence-electron chi connectivity index (χ4n) is 2.59. The second-order valence-corrected chi connectivity index (χ2v) is 6.46. The third-order valence-electron chi connectivity index (χ3n) is 3.95. The first-order valence-corrected chi connectivity index (χ1v) is 8.55. The Labute approximate surface area is 152 Å². The van der Waals surface area contributed by atoms with Crippen LogP contribution in [0.15, 0.2) is 54.7 Å². The predicted octanol–water partition coefficient (Wildman–Crippen LogP) is 3.78. The molecule has 7 heteroatoms. The highest BCUT2D eigenvalue weighted by molar-refractivity contribution is 7.19. The molecule has 2 heterocycles. The largest absolute Gasteiger partial charge is 0.465 e. The number of carbonyl (C=O) groups is 1. The molecule has 126 valence electrons. The van der Waals surface area contributed by atoms with Crippen molar-refractivity contribution in [3.63, 3.8) is 0 Å². The lowest BCUT2D eigenvalue weighted by atomic mass is 10.1. The first kappa shape index (κ1) is 16.0. The molecule has 0 saturated heterocycles. The zero-order valence-electron chi connectivity index (χ0n) is 13.7. The second-order valence-electron chi connectivity index (χ2n) is 5.50. The Morgan fingerprint density at radius 1 is 1.12 bits per heavy atom. The van der Waals surface area contributed by atoms with Crippen molar-refractivity contribution in [3.8, 4) is 27.9 Å². The normalized spacial score (nSPS) is 10.6. The number of nitriles is 1. The summed E-state index contributed by atoms with van der Waals surface area (Å²) in [6.45, 7) is 0. The summed E-state index contributed by atoms with van der Waals surface area (Å²) in [5.74, 6) is -0.367. The first-order valence-electron chi connectivity index (χ1n) is 7.73. The van der Waals surface area contributed by atoms with E-state index in [9.17, 15) is 4.79 Å². The zero-order chi connectivity index (χ0) is 18.1. The molecule has 0 atom stereocenters. The van der Waals surface area contributed by atoms with E-state index in [1.807, 2.05) is 24.3 Å². The Balaban J connectivity index is 1.71. The molecule has 0 radical (unpaired) electrons. The van der Waals surface area contributed by atoms with Gasteiger partial charge in [0, 0.05) is 11.1 Å². The quantitative estimate of drug-likeness (QED) is 0.519. The van der Waals surface area contributed by atoms with Crippen molar-refractivity contribution in [2.75, 3.05) is 7.11 Å². The first-order chi connectivity index (χ1) is 12.7. The van der Waals surface area contributed by atoms with E-state index in [0.717, 1.165) is 26.8 Å². The number of nitrogens with zero attached hydrogens (tertiary/aromatic N) is 4. The van der Waals surface area contributed by atoms with Gasteiger partial charge in [-0.15, -0.1) is 0 Å². The summed E-state index contributed by atoms with van der Waals surface area (Å²) < 4.78 is 6.50. The van der Waals surface area contributed by atoms with Crippen LogP contribution in [0.25, 0.3) is 26.8 Å². The molecule has 0 fully saturated rings. The van der Waals surface area contributed by atoms with Crippen LogP contribution >= 0.6 is 11.3 Å². The van der Waals surface area contributed by atoms with Gasteiger partial charge in [-0.05, 0) is 24.3 Å². The highest BCUT2D eigenvalue weighted by Crippen LogP contribution is 2.29. The lowest BCUT2D eigenvalue weighted by molar-refractivity contribution is 0.0601. The fraction of sp³-hybridized carbons (Fsp3) is 0.0526. The summed E-state index contributed by atoms with van der Waals surface area (Å²) in [5, 5.41) is 14.4. The minimum atomic E-state index is -0.367. The molecule has 0 aliphatic rings. The zero-order valence-corrected chi connectivity index (χ0v) is 14.5. The van der Waals surface area contributed by atoms with Gasteiger partial charge in [-0.3, -0.25) is 0 Å². The van der Waals surface area contributed by atoms with Crippen molar-refractivity contribution < 1.29 is 9.53 Å². The van der Waals surface area contributed by atoms with Crippen LogP contribution in [0, 0.1) is 11.3 Å². The summed E-state index contributed by atoms with van der Waals surface area (Å²) >= 11 is 1.47. The van der Waals surface area contributed by atoms with E-state index in [1.54, 1.807) is 35.0 Å². The van der Waals surface area contributed by atoms with Gasteiger partial charge >= 0.3 is 5.97 Å². The highest BCUT2D eigenvalue weighted by Gasteiger charge is 2.13. The Bertz CT molecular complexity index is 1140. The summed E-state index contributed by atoms with van der Waals surface area (Å²) in [4.78, 5) is 16.7. The fourth-order valence-corrected chi connectivity index (χ4v) is 3.47. The van der Waals surface area contributed by atoms with E-state index in [2.05, 4.69) is 16.2 Å². The number of benzene rings is 2. The predicted molar refractivity (Wildman–Crippen MR) is 97.8 cm³/mol. The monoisotopic (exact) mass is 360 g/mol. The maximum atomic E-state index is 11.5. The average molecular weight is 360 g/mol. The number of aromatic nitrogens is 3. The molecule has 0 unspecified atom stereocenters. The van der Waals surface area contributed by atoms with E-state index >= 15 is 0 Å². The van der Waals surface area contributed by atoms with Crippen LogP contribution in [0.1, 0.15) is 15.9 Å². The van der Waals surface area contributed by atoms with Gasteiger partial charge < -0.3 is 4.74 Å². The molecule has 0 aliphatic carbocycles. The molecule has 0 aliphatic heterocycles. The molecule has 2 aromatic carbocycles. The Kier molecular flexibility index (Phi) is 3.95. The molecule has 4 rings (SSSR count). The Hall–Kier alpha value is -3.50. The van der Waals surface area contributed by atoms with Crippen LogP contribution in [0.4, 0.5) is 0 Å². The van der Waals surface area contributed by atoms with E-state index in [4.69, 9.17) is 10.00 Å². The molecular weight excluding hydrogens is 348 g/mol. The van der Waals surface area contributed by atoms with Gasteiger partial charge in [0.1, 0.15) is 5.01 Å². The number of methoxy groups -OCH3 is 1. The topological polar surface area (TPSA) is 80.3 Å². The minimum absolute atomic E-state index is 0.367. The van der Waals surface area contributed by atoms with E-state index < -0.39 is 0 Å². The maximum absolute atomic E-state index is 11.5. The smallest absolute Gasteiger partial charge is 0.337 e. The molecule has 0 bridgehead atoms. The van der Waals surface area contributed by atoms with Crippen molar-refractivity contribution in [1.82, 2.24) is 14.6 Å². The van der Waals surface area contributed by atoms with Crippen molar-refractivity contribution in [1.29, 1.82) is 5.26 Å². The number of imidazole rings is 1. The van der Waals surface area contributed by atoms with Crippen LogP contribution < -0.4 is 0 Å². The van der Waals surface area contributed by atoms with Gasteiger partial charge in [0.2, 0.25) is 4.96 Å². The highest BCUT2D eigenvalue weighted by atomic mass is 32.1. The molecule has 2 aromatic heterocycles. The standard InChI is InChI=1S/C19H12N4O2S/c1-25-18(24)15-8-6-14(7-9-15)17-22-23-16(11-21-19(23)26-17)13-4-2-12(10-20)3-5-13/h2-9,11H,1H3. The van der Waals surface area contributed by atoms with Crippen LogP contribution in [0.5, 0.6) is 0 Å². The van der Waals surface area contributed by atoms with Gasteiger partial charge in [0.25, 0.3) is 0 Å². The molecule has 26 heavy (non-hydrogen) atoms. The van der Waals surface area contributed by atoms with Crippen molar-refractivity contribution in [3.05, 3.63) is 65.9 Å². The number of ether oxygens (including phenoxy) is 1. The molecule has 0 N–H and O–H groups in total. The van der Waals surface area contributed by atoms with Gasteiger partial charge in [-0.25, -0.2) is 14.3 Å². The Morgan fingerprint density at radius 2 is 1.81 bits per heavy atom. The number of carbonyl (C=O) groups excluding carboxylic acids is 1. The Morgan fingerprint density at radius 3 is 2.46 bits per heavy atom. The number of esters is 1. The van der Waals surface area contributed by atoms with Crippen molar-refractivity contribution in [2.45, 2.75) is 0 Å². The summed E-state index contributed by atoms with van der Waals surface area (Å²) in [6, 6.07) is 16.5.